The van der Waals surface area contributed by atoms with Crippen LogP contribution in [0.3, 0.4) is 0 Å². The third-order valence-electron chi connectivity index (χ3n) is 5.35. The van der Waals surface area contributed by atoms with E-state index in [0.29, 0.717) is 19.0 Å². The van der Waals surface area contributed by atoms with Gasteiger partial charge in [0.25, 0.3) is 0 Å². The molecule has 4 nitrogen and oxygen atoms in total. The summed E-state index contributed by atoms with van der Waals surface area (Å²) in [6.45, 7) is 2.97. The number of aryl methyl sites for hydroxylation is 1. The van der Waals surface area contributed by atoms with E-state index >= 15 is 0 Å². The Balaban J connectivity index is 1.52. The van der Waals surface area contributed by atoms with Crippen molar-refractivity contribution >= 4 is 5.91 Å². The summed E-state index contributed by atoms with van der Waals surface area (Å²) in [5.74, 6) is 1.77. The van der Waals surface area contributed by atoms with Crippen LogP contribution in [0.25, 0.3) is 0 Å². The summed E-state index contributed by atoms with van der Waals surface area (Å²) < 4.78 is 10.9. The number of rotatable bonds is 5. The molecule has 1 fully saturated rings. The number of fused-ring (bicyclic) bond motifs is 1. The molecule has 1 aliphatic carbocycles. The highest BCUT2D eigenvalue weighted by molar-refractivity contribution is 5.79. The third kappa shape index (κ3) is 3.69. The van der Waals surface area contributed by atoms with Gasteiger partial charge in [-0.3, -0.25) is 4.79 Å². The van der Waals surface area contributed by atoms with Gasteiger partial charge in [0.2, 0.25) is 12.7 Å². The Morgan fingerprint density at radius 3 is 2.46 bits per heavy atom. The summed E-state index contributed by atoms with van der Waals surface area (Å²) in [5.41, 5.74) is 3.39. The molecule has 0 spiro atoms. The molecule has 0 bridgehead atoms. The van der Waals surface area contributed by atoms with Crippen LogP contribution in [0.15, 0.2) is 42.5 Å². The van der Waals surface area contributed by atoms with Gasteiger partial charge in [-0.1, -0.05) is 48.7 Å². The maximum atomic E-state index is 13.1. The lowest BCUT2D eigenvalue weighted by molar-refractivity contribution is -0.133. The molecule has 4 heteroatoms. The van der Waals surface area contributed by atoms with E-state index in [0.717, 1.165) is 35.5 Å². The number of benzene rings is 2. The van der Waals surface area contributed by atoms with Crippen molar-refractivity contribution < 1.29 is 14.3 Å². The van der Waals surface area contributed by atoms with E-state index in [4.69, 9.17) is 9.47 Å². The molecule has 2 aromatic carbocycles. The molecule has 0 atom stereocenters. The van der Waals surface area contributed by atoms with Crippen molar-refractivity contribution in [3.63, 3.8) is 0 Å². The van der Waals surface area contributed by atoms with Gasteiger partial charge in [-0.05, 0) is 43.0 Å². The van der Waals surface area contributed by atoms with Crippen molar-refractivity contribution in [3.8, 4) is 11.5 Å². The smallest absolute Gasteiger partial charge is 0.231 e. The van der Waals surface area contributed by atoms with Gasteiger partial charge in [0, 0.05) is 12.6 Å². The van der Waals surface area contributed by atoms with E-state index in [9.17, 15) is 4.79 Å². The Bertz CT molecular complexity index is 778. The number of carbonyl (C=O) groups excluding carboxylic acids is 1. The fourth-order valence-electron chi connectivity index (χ4n) is 3.85. The lowest BCUT2D eigenvalue weighted by Crippen LogP contribution is -2.39. The second-order valence-corrected chi connectivity index (χ2v) is 7.31. The molecule has 1 heterocycles. The molecule has 0 radical (unpaired) electrons. The van der Waals surface area contributed by atoms with Crippen LogP contribution in [-0.4, -0.2) is 23.6 Å². The zero-order chi connectivity index (χ0) is 17.9. The average molecular weight is 351 g/mol. The minimum absolute atomic E-state index is 0.207. The Morgan fingerprint density at radius 1 is 1.00 bits per heavy atom. The van der Waals surface area contributed by atoms with Crippen molar-refractivity contribution in [1.29, 1.82) is 0 Å². The Morgan fingerprint density at radius 2 is 1.69 bits per heavy atom. The van der Waals surface area contributed by atoms with Gasteiger partial charge in [-0.25, -0.2) is 0 Å². The summed E-state index contributed by atoms with van der Waals surface area (Å²) in [6.07, 6.45) is 5.08. The van der Waals surface area contributed by atoms with E-state index in [2.05, 4.69) is 36.1 Å². The Hall–Kier alpha value is -2.49. The van der Waals surface area contributed by atoms with Crippen molar-refractivity contribution in [2.75, 3.05) is 6.79 Å². The summed E-state index contributed by atoms with van der Waals surface area (Å²) in [4.78, 5) is 15.2. The molecular weight excluding hydrogens is 326 g/mol. The van der Waals surface area contributed by atoms with E-state index < -0.39 is 0 Å². The molecule has 1 saturated carbocycles. The maximum Gasteiger partial charge on any atom is 0.231 e. The second kappa shape index (κ2) is 7.40. The maximum absolute atomic E-state index is 13.1. The molecule has 1 amide bonds. The van der Waals surface area contributed by atoms with Crippen LogP contribution in [0.4, 0.5) is 0 Å². The van der Waals surface area contributed by atoms with Gasteiger partial charge in [0.1, 0.15) is 0 Å². The number of hydrogen-bond acceptors (Lipinski definition) is 3. The summed E-state index contributed by atoms with van der Waals surface area (Å²) >= 11 is 0. The van der Waals surface area contributed by atoms with E-state index in [-0.39, 0.29) is 12.7 Å². The normalized spacial score (nSPS) is 16.0. The third-order valence-corrected chi connectivity index (χ3v) is 5.35. The highest BCUT2D eigenvalue weighted by Crippen LogP contribution is 2.34. The molecule has 26 heavy (non-hydrogen) atoms. The van der Waals surface area contributed by atoms with Crippen molar-refractivity contribution in [3.05, 3.63) is 59.2 Å². The summed E-state index contributed by atoms with van der Waals surface area (Å²) in [7, 11) is 0. The molecule has 0 aromatic heterocycles. The van der Waals surface area contributed by atoms with E-state index in [1.165, 1.54) is 18.4 Å². The van der Waals surface area contributed by atoms with Gasteiger partial charge in [-0.2, -0.15) is 0 Å². The quantitative estimate of drug-likeness (QED) is 0.809. The van der Waals surface area contributed by atoms with Gasteiger partial charge in [0.05, 0.1) is 6.42 Å². The lowest BCUT2D eigenvalue weighted by atomic mass is 10.1. The van der Waals surface area contributed by atoms with Crippen LogP contribution in [0.1, 0.15) is 42.4 Å². The van der Waals surface area contributed by atoms with Crippen molar-refractivity contribution in [2.45, 2.75) is 51.6 Å². The van der Waals surface area contributed by atoms with E-state index in [1.54, 1.807) is 0 Å². The minimum Gasteiger partial charge on any atom is -0.454 e. The summed E-state index contributed by atoms with van der Waals surface area (Å²) in [5, 5.41) is 0. The number of ether oxygens (including phenoxy) is 2. The molecule has 0 saturated heterocycles. The standard InChI is InChI=1S/C22H25NO3/c1-16-6-8-17(9-7-16)13-22(24)23(19-4-2-3-5-19)14-18-10-11-20-21(12-18)26-15-25-20/h6-12,19H,2-5,13-15H2,1H3. The first-order valence-electron chi connectivity index (χ1n) is 9.42. The molecule has 2 aliphatic rings. The predicted molar refractivity (Wildman–Crippen MR) is 100 cm³/mol. The van der Waals surface area contributed by atoms with Gasteiger partial charge < -0.3 is 14.4 Å². The largest absolute Gasteiger partial charge is 0.454 e. The SMILES string of the molecule is Cc1ccc(CC(=O)N(Cc2ccc3c(c2)OCO3)C2CCCC2)cc1. The van der Waals surface area contributed by atoms with Crippen LogP contribution in [0.2, 0.25) is 0 Å². The monoisotopic (exact) mass is 351 g/mol. The highest BCUT2D eigenvalue weighted by atomic mass is 16.7. The van der Waals surface area contributed by atoms with Crippen LogP contribution in [0, 0.1) is 6.92 Å². The number of hydrogen-bond donors (Lipinski definition) is 0. The zero-order valence-corrected chi connectivity index (χ0v) is 15.2. The summed E-state index contributed by atoms with van der Waals surface area (Å²) in [6, 6.07) is 14.6. The first kappa shape index (κ1) is 17.0. The molecule has 0 unspecified atom stereocenters. The van der Waals surface area contributed by atoms with Gasteiger partial charge in [-0.15, -0.1) is 0 Å². The number of nitrogens with zero attached hydrogens (tertiary/aromatic N) is 1. The Kier molecular flexibility index (Phi) is 4.83. The van der Waals surface area contributed by atoms with E-state index in [1.807, 2.05) is 18.2 Å². The van der Waals surface area contributed by atoms with Gasteiger partial charge >= 0.3 is 0 Å². The van der Waals surface area contributed by atoms with Crippen molar-refractivity contribution in [1.82, 2.24) is 4.90 Å². The average Bonchev–Trinajstić information content (AvgIpc) is 3.32. The zero-order valence-electron chi connectivity index (χ0n) is 15.2. The Labute approximate surface area is 154 Å². The van der Waals surface area contributed by atoms with Crippen LogP contribution in [-0.2, 0) is 17.8 Å². The van der Waals surface area contributed by atoms with Gasteiger partial charge in [0.15, 0.2) is 11.5 Å². The molecule has 4 rings (SSSR count). The van der Waals surface area contributed by atoms with Crippen molar-refractivity contribution in [2.24, 2.45) is 0 Å². The van der Waals surface area contributed by atoms with Crippen LogP contribution >= 0.6 is 0 Å². The lowest BCUT2D eigenvalue weighted by Gasteiger charge is -2.29. The van der Waals surface area contributed by atoms with Crippen LogP contribution < -0.4 is 9.47 Å². The molecule has 0 N–H and O–H groups in total. The molecule has 1 aliphatic heterocycles. The predicted octanol–water partition coefficient (Wildman–Crippen LogP) is 4.24. The second-order valence-electron chi connectivity index (χ2n) is 7.31. The van der Waals surface area contributed by atoms with Crippen LogP contribution in [0.5, 0.6) is 11.5 Å². The first-order chi connectivity index (χ1) is 12.7. The number of carbonyl (C=O) groups is 1. The molecule has 136 valence electrons. The minimum atomic E-state index is 0.207. The molecular formula is C22H25NO3. The highest BCUT2D eigenvalue weighted by Gasteiger charge is 2.27. The fourth-order valence-corrected chi connectivity index (χ4v) is 3.85. The fraction of sp³-hybridized carbons (Fsp3) is 0.409. The topological polar surface area (TPSA) is 38.8 Å². The molecule has 2 aromatic rings. The number of amides is 1. The first-order valence-corrected chi connectivity index (χ1v) is 9.42.